The van der Waals surface area contributed by atoms with Gasteiger partial charge in [-0.1, -0.05) is 0 Å². The maximum absolute atomic E-state index is 10.4. The van der Waals surface area contributed by atoms with E-state index in [1.165, 1.54) is 4.90 Å². The molecule has 0 amide bonds. The normalized spacial score (nSPS) is 12.8. The van der Waals surface area contributed by atoms with Crippen molar-refractivity contribution >= 4 is 11.9 Å². The van der Waals surface area contributed by atoms with Gasteiger partial charge in [0.2, 0.25) is 0 Å². The number of carboxylic acid groups (broad SMARTS) is 2. The van der Waals surface area contributed by atoms with Crippen LogP contribution in [0.1, 0.15) is 6.92 Å². The Balaban J connectivity index is 4.21. The minimum absolute atomic E-state index is 0.138. The molecular weight excluding hydrogens is 194 g/mol. The summed E-state index contributed by atoms with van der Waals surface area (Å²) in [5, 5.41) is 25.1. The summed E-state index contributed by atoms with van der Waals surface area (Å²) < 4.78 is 0. The van der Waals surface area contributed by atoms with Gasteiger partial charge in [0.05, 0.1) is 19.7 Å². The highest BCUT2D eigenvalue weighted by Crippen LogP contribution is 1.98. The Morgan fingerprint density at radius 2 is 1.71 bits per heavy atom. The molecule has 0 heterocycles. The Labute approximate surface area is 80.4 Å². The highest BCUT2D eigenvalue weighted by molar-refractivity contribution is 5.72. The molecule has 0 aromatic carbocycles. The fourth-order valence-electron chi connectivity index (χ4n) is 0.928. The molecule has 7 nitrogen and oxygen atoms in total. The molecule has 0 aliphatic rings. The number of hydrogen-bond acceptors (Lipinski definition) is 5. The van der Waals surface area contributed by atoms with Crippen LogP contribution >= 0.6 is 0 Å². The molecule has 0 radical (unpaired) electrons. The van der Waals surface area contributed by atoms with Gasteiger partial charge in [0.1, 0.15) is 0 Å². The summed E-state index contributed by atoms with van der Waals surface area (Å²) in [4.78, 5) is 25.7. The summed E-state index contributed by atoms with van der Waals surface area (Å²) in [5.41, 5.74) is 0. The van der Waals surface area contributed by atoms with Gasteiger partial charge in [0.15, 0.2) is 0 Å². The van der Waals surface area contributed by atoms with Crippen molar-refractivity contribution in [3.05, 3.63) is 0 Å². The Hall–Kier alpha value is -1.18. The van der Waals surface area contributed by atoms with Crippen LogP contribution in [0.5, 0.6) is 0 Å². The van der Waals surface area contributed by atoms with E-state index in [1.807, 2.05) is 0 Å². The molecular formula is C7H13NO6. The van der Waals surface area contributed by atoms with Crippen LogP contribution in [0.4, 0.5) is 0 Å². The van der Waals surface area contributed by atoms with Gasteiger partial charge in [-0.3, -0.25) is 19.7 Å². The van der Waals surface area contributed by atoms with Crippen molar-refractivity contribution in [1.82, 2.24) is 4.90 Å². The van der Waals surface area contributed by atoms with E-state index in [9.17, 15) is 9.59 Å². The minimum atomic E-state index is -1.13. The molecule has 0 bridgehead atoms. The standard InChI is InChI=1S/C7H13NO6/c1-5(4-14-13)8(2-6(9)10)3-7(11)12/h5,13H,2-4H2,1H3,(H,9,10)(H,11,12). The van der Waals surface area contributed by atoms with Crippen molar-refractivity contribution in [3.8, 4) is 0 Å². The van der Waals surface area contributed by atoms with Crippen LogP contribution in [0.3, 0.4) is 0 Å². The molecule has 1 unspecified atom stereocenters. The van der Waals surface area contributed by atoms with Gasteiger partial charge in [-0.25, -0.2) is 4.89 Å². The van der Waals surface area contributed by atoms with E-state index in [-0.39, 0.29) is 6.61 Å². The van der Waals surface area contributed by atoms with Crippen LogP contribution in [0.15, 0.2) is 0 Å². The second-order valence-electron chi connectivity index (χ2n) is 2.84. The van der Waals surface area contributed by atoms with Gasteiger partial charge in [-0.2, -0.15) is 0 Å². The zero-order valence-corrected chi connectivity index (χ0v) is 7.71. The van der Waals surface area contributed by atoms with Crippen molar-refractivity contribution in [1.29, 1.82) is 0 Å². The van der Waals surface area contributed by atoms with E-state index in [0.29, 0.717) is 0 Å². The molecule has 0 saturated heterocycles. The Morgan fingerprint density at radius 3 is 2.00 bits per heavy atom. The fraction of sp³-hybridized carbons (Fsp3) is 0.714. The van der Waals surface area contributed by atoms with Crippen LogP contribution < -0.4 is 0 Å². The lowest BCUT2D eigenvalue weighted by atomic mass is 10.3. The summed E-state index contributed by atoms with van der Waals surface area (Å²) >= 11 is 0. The van der Waals surface area contributed by atoms with Gasteiger partial charge in [0, 0.05) is 6.04 Å². The highest BCUT2D eigenvalue weighted by atomic mass is 17.1. The first-order valence-corrected chi connectivity index (χ1v) is 3.91. The highest BCUT2D eigenvalue weighted by Gasteiger charge is 2.19. The van der Waals surface area contributed by atoms with Gasteiger partial charge < -0.3 is 10.2 Å². The van der Waals surface area contributed by atoms with Crippen molar-refractivity contribution in [3.63, 3.8) is 0 Å². The molecule has 0 rings (SSSR count). The average Bonchev–Trinajstić information content (AvgIpc) is 2.01. The zero-order chi connectivity index (χ0) is 11.1. The molecule has 0 fully saturated rings. The quantitative estimate of drug-likeness (QED) is 0.375. The fourth-order valence-corrected chi connectivity index (χ4v) is 0.928. The van der Waals surface area contributed by atoms with E-state index >= 15 is 0 Å². The van der Waals surface area contributed by atoms with Crippen molar-refractivity contribution in [2.45, 2.75) is 13.0 Å². The monoisotopic (exact) mass is 207 g/mol. The van der Waals surface area contributed by atoms with Gasteiger partial charge in [-0.15, -0.1) is 0 Å². The lowest BCUT2D eigenvalue weighted by Crippen LogP contribution is -2.42. The summed E-state index contributed by atoms with van der Waals surface area (Å²) in [6.45, 7) is 0.607. The number of rotatable bonds is 7. The van der Waals surface area contributed by atoms with Crippen LogP contribution in [0.25, 0.3) is 0 Å². The Bertz CT molecular complexity index is 190. The third-order valence-electron chi connectivity index (χ3n) is 1.62. The van der Waals surface area contributed by atoms with Crippen LogP contribution in [-0.2, 0) is 14.5 Å². The predicted molar refractivity (Wildman–Crippen MR) is 44.9 cm³/mol. The van der Waals surface area contributed by atoms with Crippen LogP contribution in [0.2, 0.25) is 0 Å². The van der Waals surface area contributed by atoms with Crippen molar-refractivity contribution < 1.29 is 29.9 Å². The van der Waals surface area contributed by atoms with E-state index < -0.39 is 31.1 Å². The minimum Gasteiger partial charge on any atom is -0.480 e. The second kappa shape index (κ2) is 6.30. The first-order chi connectivity index (χ1) is 6.47. The molecule has 14 heavy (non-hydrogen) atoms. The van der Waals surface area contributed by atoms with E-state index in [1.54, 1.807) is 6.92 Å². The van der Waals surface area contributed by atoms with Gasteiger partial charge in [-0.05, 0) is 6.92 Å². The predicted octanol–water partition coefficient (Wildman–Crippen LogP) is -0.664. The van der Waals surface area contributed by atoms with E-state index in [0.717, 1.165) is 0 Å². The molecule has 0 aliphatic carbocycles. The third kappa shape index (κ3) is 5.46. The molecule has 0 aromatic heterocycles. The Kier molecular flexibility index (Phi) is 5.77. The summed E-state index contributed by atoms with van der Waals surface area (Å²) in [6, 6.07) is -0.479. The first kappa shape index (κ1) is 12.8. The van der Waals surface area contributed by atoms with Gasteiger partial charge in [0.25, 0.3) is 0 Å². The van der Waals surface area contributed by atoms with E-state index in [4.69, 9.17) is 15.5 Å². The number of nitrogens with zero attached hydrogens (tertiary/aromatic N) is 1. The van der Waals surface area contributed by atoms with Gasteiger partial charge >= 0.3 is 11.9 Å². The SMILES string of the molecule is CC(COO)N(CC(=O)O)CC(=O)O. The lowest BCUT2D eigenvalue weighted by molar-refractivity contribution is -0.251. The Morgan fingerprint density at radius 1 is 1.29 bits per heavy atom. The number of carboxylic acids is 2. The summed E-state index contributed by atoms with van der Waals surface area (Å²) in [5.74, 6) is -2.26. The maximum Gasteiger partial charge on any atom is 0.317 e. The summed E-state index contributed by atoms with van der Waals surface area (Å²) in [6.07, 6.45) is 0. The third-order valence-corrected chi connectivity index (χ3v) is 1.62. The number of carbonyl (C=O) groups is 2. The molecule has 0 aromatic rings. The molecule has 7 heteroatoms. The maximum atomic E-state index is 10.4. The molecule has 0 saturated carbocycles. The molecule has 0 spiro atoms. The zero-order valence-electron chi connectivity index (χ0n) is 7.71. The average molecular weight is 207 g/mol. The molecule has 3 N–H and O–H groups in total. The summed E-state index contributed by atoms with van der Waals surface area (Å²) in [7, 11) is 0. The second-order valence-corrected chi connectivity index (χ2v) is 2.84. The number of hydrogen-bond donors (Lipinski definition) is 3. The topological polar surface area (TPSA) is 107 Å². The smallest absolute Gasteiger partial charge is 0.317 e. The van der Waals surface area contributed by atoms with Crippen molar-refractivity contribution in [2.75, 3.05) is 19.7 Å². The molecule has 0 aliphatic heterocycles. The first-order valence-electron chi connectivity index (χ1n) is 3.91. The number of aliphatic carboxylic acids is 2. The molecule has 82 valence electrons. The van der Waals surface area contributed by atoms with Crippen LogP contribution in [0, 0.1) is 0 Å². The lowest BCUT2D eigenvalue weighted by Gasteiger charge is -2.24. The van der Waals surface area contributed by atoms with Crippen LogP contribution in [-0.4, -0.2) is 58.0 Å². The van der Waals surface area contributed by atoms with Crippen molar-refractivity contribution in [2.24, 2.45) is 0 Å². The molecule has 1 atom stereocenters. The van der Waals surface area contributed by atoms with E-state index in [2.05, 4.69) is 4.89 Å². The largest absolute Gasteiger partial charge is 0.480 e.